The topological polar surface area (TPSA) is 86.0 Å². The SMILES string of the molecule is C/C(=N/Nc1ccc([N+](=O)[O-])cc1)c1ccc2c(c1)OCCO2. The highest BCUT2D eigenvalue weighted by Crippen LogP contribution is 2.30. The fourth-order valence-corrected chi connectivity index (χ4v) is 2.14. The molecule has 0 unspecified atom stereocenters. The monoisotopic (exact) mass is 313 g/mol. The Bertz CT molecular complexity index is 756. The van der Waals surface area contributed by atoms with E-state index in [-0.39, 0.29) is 5.69 Å². The van der Waals surface area contributed by atoms with Crippen LogP contribution in [0, 0.1) is 10.1 Å². The van der Waals surface area contributed by atoms with Crippen LogP contribution in [0.4, 0.5) is 11.4 Å². The molecule has 0 aromatic heterocycles. The average molecular weight is 313 g/mol. The predicted molar refractivity (Wildman–Crippen MR) is 86.4 cm³/mol. The Hall–Kier alpha value is -3.09. The number of fused-ring (bicyclic) bond motifs is 1. The molecule has 0 fully saturated rings. The summed E-state index contributed by atoms with van der Waals surface area (Å²) >= 11 is 0. The average Bonchev–Trinajstić information content (AvgIpc) is 2.59. The first-order valence-corrected chi connectivity index (χ1v) is 7.08. The molecule has 0 radical (unpaired) electrons. The van der Waals surface area contributed by atoms with Crippen molar-refractivity contribution in [1.82, 2.24) is 0 Å². The summed E-state index contributed by atoms with van der Waals surface area (Å²) in [5.74, 6) is 1.44. The van der Waals surface area contributed by atoms with Crippen LogP contribution in [0.15, 0.2) is 47.6 Å². The van der Waals surface area contributed by atoms with Crippen molar-refractivity contribution in [3.8, 4) is 11.5 Å². The number of nitrogens with one attached hydrogen (secondary N) is 1. The van der Waals surface area contributed by atoms with Crippen molar-refractivity contribution in [2.24, 2.45) is 5.10 Å². The second-order valence-electron chi connectivity index (χ2n) is 4.97. The van der Waals surface area contributed by atoms with Crippen LogP contribution in [0.3, 0.4) is 0 Å². The maximum atomic E-state index is 10.6. The van der Waals surface area contributed by atoms with Gasteiger partial charge in [0.2, 0.25) is 0 Å². The molecule has 0 amide bonds. The minimum absolute atomic E-state index is 0.0445. The molecule has 1 aliphatic heterocycles. The Balaban J connectivity index is 1.73. The third kappa shape index (κ3) is 3.39. The summed E-state index contributed by atoms with van der Waals surface area (Å²) in [7, 11) is 0. The van der Waals surface area contributed by atoms with E-state index in [4.69, 9.17) is 9.47 Å². The van der Waals surface area contributed by atoms with Crippen LogP contribution in [0.1, 0.15) is 12.5 Å². The molecule has 7 nitrogen and oxygen atoms in total. The van der Waals surface area contributed by atoms with Crippen molar-refractivity contribution in [1.29, 1.82) is 0 Å². The van der Waals surface area contributed by atoms with Gasteiger partial charge in [-0.25, -0.2) is 0 Å². The van der Waals surface area contributed by atoms with Crippen molar-refractivity contribution in [3.05, 3.63) is 58.1 Å². The number of ether oxygens (including phenoxy) is 2. The molecule has 0 saturated carbocycles. The van der Waals surface area contributed by atoms with Gasteiger partial charge in [-0.2, -0.15) is 5.10 Å². The molecule has 0 aliphatic carbocycles. The number of rotatable bonds is 4. The van der Waals surface area contributed by atoms with Gasteiger partial charge in [0.25, 0.3) is 5.69 Å². The van der Waals surface area contributed by atoms with Crippen LogP contribution in [-0.2, 0) is 0 Å². The van der Waals surface area contributed by atoms with E-state index >= 15 is 0 Å². The lowest BCUT2D eigenvalue weighted by atomic mass is 10.1. The van der Waals surface area contributed by atoms with Crippen molar-refractivity contribution in [2.75, 3.05) is 18.6 Å². The predicted octanol–water partition coefficient (Wildman–Crippen LogP) is 3.20. The van der Waals surface area contributed by atoms with Crippen LogP contribution >= 0.6 is 0 Å². The second-order valence-corrected chi connectivity index (χ2v) is 4.97. The highest BCUT2D eigenvalue weighted by Gasteiger charge is 2.12. The van der Waals surface area contributed by atoms with Gasteiger partial charge in [-0.05, 0) is 37.3 Å². The zero-order valence-electron chi connectivity index (χ0n) is 12.5. The standard InChI is InChI=1S/C16H15N3O4/c1-11(12-2-7-15-16(10-12)23-9-8-22-15)17-18-13-3-5-14(6-4-13)19(20)21/h2-7,10,18H,8-9H2,1H3/b17-11-. The zero-order valence-corrected chi connectivity index (χ0v) is 12.5. The third-order valence-electron chi connectivity index (χ3n) is 3.39. The van der Waals surface area contributed by atoms with Gasteiger partial charge in [-0.3, -0.25) is 15.5 Å². The number of nitro benzene ring substituents is 1. The van der Waals surface area contributed by atoms with Crippen molar-refractivity contribution in [3.63, 3.8) is 0 Å². The molecular weight excluding hydrogens is 298 g/mol. The van der Waals surface area contributed by atoms with Gasteiger partial charge in [0.05, 0.1) is 16.3 Å². The molecule has 7 heteroatoms. The van der Waals surface area contributed by atoms with Gasteiger partial charge in [-0.15, -0.1) is 0 Å². The Kier molecular flexibility index (Phi) is 4.09. The summed E-state index contributed by atoms with van der Waals surface area (Å²) in [6, 6.07) is 11.7. The van der Waals surface area contributed by atoms with E-state index in [0.717, 1.165) is 17.0 Å². The van der Waals surface area contributed by atoms with E-state index in [1.807, 2.05) is 25.1 Å². The Morgan fingerprint density at radius 1 is 1.13 bits per heavy atom. The summed E-state index contributed by atoms with van der Waals surface area (Å²) < 4.78 is 11.0. The Morgan fingerprint density at radius 3 is 2.52 bits per heavy atom. The van der Waals surface area contributed by atoms with Gasteiger partial charge in [-0.1, -0.05) is 0 Å². The number of hydrogen-bond acceptors (Lipinski definition) is 6. The molecule has 1 aliphatic rings. The van der Waals surface area contributed by atoms with E-state index in [9.17, 15) is 10.1 Å². The summed E-state index contributed by atoms with van der Waals surface area (Å²) in [5, 5.41) is 14.9. The first kappa shape index (κ1) is 14.8. The minimum Gasteiger partial charge on any atom is -0.486 e. The van der Waals surface area contributed by atoms with Crippen LogP contribution in [0.25, 0.3) is 0 Å². The smallest absolute Gasteiger partial charge is 0.269 e. The van der Waals surface area contributed by atoms with E-state index in [1.54, 1.807) is 12.1 Å². The summed E-state index contributed by atoms with van der Waals surface area (Å²) in [5.41, 5.74) is 5.27. The van der Waals surface area contributed by atoms with Crippen LogP contribution in [0.5, 0.6) is 11.5 Å². The van der Waals surface area contributed by atoms with Crippen molar-refractivity contribution < 1.29 is 14.4 Å². The van der Waals surface area contributed by atoms with Crippen LogP contribution in [-0.4, -0.2) is 23.8 Å². The van der Waals surface area contributed by atoms with Gasteiger partial charge in [0.1, 0.15) is 13.2 Å². The normalized spacial score (nSPS) is 13.5. The number of anilines is 1. The van der Waals surface area contributed by atoms with Gasteiger partial charge >= 0.3 is 0 Å². The first-order valence-electron chi connectivity index (χ1n) is 7.08. The number of benzene rings is 2. The zero-order chi connectivity index (χ0) is 16.2. The maximum Gasteiger partial charge on any atom is 0.269 e. The maximum absolute atomic E-state index is 10.6. The fourth-order valence-electron chi connectivity index (χ4n) is 2.14. The van der Waals surface area contributed by atoms with E-state index in [2.05, 4.69) is 10.5 Å². The van der Waals surface area contributed by atoms with Gasteiger partial charge < -0.3 is 9.47 Å². The number of hydrogen-bond donors (Lipinski definition) is 1. The lowest BCUT2D eigenvalue weighted by Gasteiger charge is -2.18. The highest BCUT2D eigenvalue weighted by molar-refractivity contribution is 5.99. The molecule has 23 heavy (non-hydrogen) atoms. The number of hydrazone groups is 1. The van der Waals surface area contributed by atoms with Crippen molar-refractivity contribution >= 4 is 17.1 Å². The second kappa shape index (κ2) is 6.35. The lowest BCUT2D eigenvalue weighted by molar-refractivity contribution is -0.384. The molecule has 118 valence electrons. The van der Waals surface area contributed by atoms with Crippen LogP contribution in [0.2, 0.25) is 0 Å². The molecule has 1 N–H and O–H groups in total. The molecule has 0 spiro atoms. The summed E-state index contributed by atoms with van der Waals surface area (Å²) in [6.45, 7) is 2.96. The molecule has 0 atom stereocenters. The van der Waals surface area contributed by atoms with E-state index < -0.39 is 4.92 Å². The Morgan fingerprint density at radius 2 is 1.83 bits per heavy atom. The summed E-state index contributed by atoms with van der Waals surface area (Å²) in [4.78, 5) is 10.2. The molecule has 2 aromatic carbocycles. The Labute approximate surface area is 132 Å². The minimum atomic E-state index is -0.437. The first-order chi connectivity index (χ1) is 11.1. The fraction of sp³-hybridized carbons (Fsp3) is 0.188. The van der Waals surface area contributed by atoms with Crippen LogP contribution < -0.4 is 14.9 Å². The molecule has 1 heterocycles. The van der Waals surface area contributed by atoms with Gasteiger partial charge in [0.15, 0.2) is 11.5 Å². The number of non-ortho nitro benzene ring substituents is 1. The molecule has 0 saturated heterocycles. The van der Waals surface area contributed by atoms with E-state index in [0.29, 0.717) is 24.7 Å². The molecular formula is C16H15N3O4. The molecule has 0 bridgehead atoms. The molecule has 3 rings (SSSR count). The van der Waals surface area contributed by atoms with E-state index in [1.165, 1.54) is 12.1 Å². The number of nitrogens with zero attached hydrogens (tertiary/aromatic N) is 2. The third-order valence-corrected chi connectivity index (χ3v) is 3.39. The lowest BCUT2D eigenvalue weighted by Crippen LogP contribution is -2.15. The summed E-state index contributed by atoms with van der Waals surface area (Å²) in [6.07, 6.45) is 0. The number of nitro groups is 1. The molecule has 2 aromatic rings. The highest BCUT2D eigenvalue weighted by atomic mass is 16.6. The quantitative estimate of drug-likeness (QED) is 0.532. The largest absolute Gasteiger partial charge is 0.486 e. The van der Waals surface area contributed by atoms with Crippen molar-refractivity contribution in [2.45, 2.75) is 6.92 Å². The van der Waals surface area contributed by atoms with Gasteiger partial charge in [0, 0.05) is 17.7 Å².